The van der Waals surface area contributed by atoms with Gasteiger partial charge in [0.15, 0.2) is 0 Å². The van der Waals surface area contributed by atoms with E-state index in [0.29, 0.717) is 22.8 Å². The molecule has 5 heteroatoms. The lowest BCUT2D eigenvalue weighted by Crippen LogP contribution is -2.25. The van der Waals surface area contributed by atoms with Gasteiger partial charge in [-0.05, 0) is 38.1 Å². The van der Waals surface area contributed by atoms with E-state index in [4.69, 9.17) is 0 Å². The van der Waals surface area contributed by atoms with Crippen LogP contribution in [-0.2, 0) is 0 Å². The summed E-state index contributed by atoms with van der Waals surface area (Å²) in [5.41, 5.74) is 2.40. The first-order chi connectivity index (χ1) is 8.61. The van der Waals surface area contributed by atoms with Crippen LogP contribution in [0, 0.1) is 13.8 Å². The van der Waals surface area contributed by atoms with E-state index in [-0.39, 0.29) is 0 Å². The molecular formula is C13H13N3O2. The van der Waals surface area contributed by atoms with Crippen LogP contribution in [0.3, 0.4) is 0 Å². The van der Waals surface area contributed by atoms with E-state index in [2.05, 4.69) is 9.97 Å². The van der Waals surface area contributed by atoms with Crippen molar-refractivity contribution < 1.29 is 9.90 Å². The molecule has 0 fully saturated rings. The summed E-state index contributed by atoms with van der Waals surface area (Å²) in [4.78, 5) is 20.9. The first kappa shape index (κ1) is 12.0. The van der Waals surface area contributed by atoms with E-state index in [1.54, 1.807) is 50.5 Å². The van der Waals surface area contributed by atoms with Crippen molar-refractivity contribution in [2.24, 2.45) is 0 Å². The van der Waals surface area contributed by atoms with Crippen molar-refractivity contribution in [2.45, 2.75) is 13.8 Å². The van der Waals surface area contributed by atoms with Crippen LogP contribution < -0.4 is 4.90 Å². The number of pyridine rings is 2. The highest BCUT2D eigenvalue weighted by Gasteiger charge is 2.20. The van der Waals surface area contributed by atoms with Gasteiger partial charge in [-0.25, -0.2) is 9.69 Å². The SMILES string of the molecule is Cc1ncccc1N(C(=O)O)c1cccnc1C. The zero-order chi connectivity index (χ0) is 13.1. The summed E-state index contributed by atoms with van der Waals surface area (Å²) in [5, 5.41) is 9.40. The standard InChI is InChI=1S/C13H13N3O2/c1-9-11(5-3-7-14-9)16(13(17)18)12-6-4-8-15-10(12)2/h3-8H,1-2H3,(H,17,18). The summed E-state index contributed by atoms with van der Waals surface area (Å²) >= 11 is 0. The molecule has 0 radical (unpaired) electrons. The fraction of sp³-hybridized carbons (Fsp3) is 0.154. The van der Waals surface area contributed by atoms with E-state index >= 15 is 0 Å². The molecule has 2 rings (SSSR count). The van der Waals surface area contributed by atoms with Gasteiger partial charge in [0, 0.05) is 12.4 Å². The van der Waals surface area contributed by atoms with Crippen molar-refractivity contribution in [3.05, 3.63) is 48.0 Å². The summed E-state index contributed by atoms with van der Waals surface area (Å²) < 4.78 is 0. The minimum atomic E-state index is -1.05. The van der Waals surface area contributed by atoms with Crippen molar-refractivity contribution in [3.63, 3.8) is 0 Å². The van der Waals surface area contributed by atoms with Crippen LogP contribution in [0.2, 0.25) is 0 Å². The number of carbonyl (C=O) groups is 1. The molecule has 18 heavy (non-hydrogen) atoms. The van der Waals surface area contributed by atoms with Crippen LogP contribution in [0.15, 0.2) is 36.7 Å². The summed E-state index contributed by atoms with van der Waals surface area (Å²) in [5.74, 6) is 0. The highest BCUT2D eigenvalue weighted by atomic mass is 16.4. The minimum absolute atomic E-state index is 0.543. The Labute approximate surface area is 105 Å². The predicted octanol–water partition coefficient (Wildman–Crippen LogP) is 2.91. The van der Waals surface area contributed by atoms with Crippen LogP contribution in [-0.4, -0.2) is 21.2 Å². The maximum absolute atomic E-state index is 11.5. The summed E-state index contributed by atoms with van der Waals surface area (Å²) in [6, 6.07) is 6.87. The number of aryl methyl sites for hydroxylation is 2. The van der Waals surface area contributed by atoms with Crippen molar-refractivity contribution in [1.29, 1.82) is 0 Å². The van der Waals surface area contributed by atoms with Gasteiger partial charge in [0.25, 0.3) is 0 Å². The van der Waals surface area contributed by atoms with Gasteiger partial charge in [-0.3, -0.25) is 9.97 Å². The number of aromatic nitrogens is 2. The molecule has 92 valence electrons. The lowest BCUT2D eigenvalue weighted by molar-refractivity contribution is 0.204. The van der Waals surface area contributed by atoms with Crippen molar-refractivity contribution >= 4 is 17.5 Å². The van der Waals surface area contributed by atoms with Crippen LogP contribution in [0.5, 0.6) is 0 Å². The largest absolute Gasteiger partial charge is 0.464 e. The Morgan fingerprint density at radius 3 is 1.83 bits per heavy atom. The van der Waals surface area contributed by atoms with E-state index in [1.165, 1.54) is 4.90 Å². The molecule has 0 aliphatic rings. The second-order valence-electron chi connectivity index (χ2n) is 3.83. The second-order valence-corrected chi connectivity index (χ2v) is 3.83. The number of nitrogens with zero attached hydrogens (tertiary/aromatic N) is 3. The molecule has 2 aromatic rings. The molecule has 2 heterocycles. The molecule has 0 atom stereocenters. The molecule has 0 saturated heterocycles. The third-order valence-electron chi connectivity index (χ3n) is 2.63. The van der Waals surface area contributed by atoms with Gasteiger partial charge in [-0.2, -0.15) is 0 Å². The maximum Gasteiger partial charge on any atom is 0.416 e. The molecule has 0 aromatic carbocycles. The molecular weight excluding hydrogens is 230 g/mol. The number of anilines is 2. The van der Waals surface area contributed by atoms with E-state index < -0.39 is 6.09 Å². The van der Waals surface area contributed by atoms with Crippen molar-refractivity contribution in [3.8, 4) is 0 Å². The molecule has 0 aliphatic heterocycles. The van der Waals surface area contributed by atoms with Gasteiger partial charge in [0.1, 0.15) is 0 Å². The monoisotopic (exact) mass is 243 g/mol. The second kappa shape index (κ2) is 4.83. The number of amides is 1. The van der Waals surface area contributed by atoms with Gasteiger partial charge in [-0.1, -0.05) is 0 Å². The summed E-state index contributed by atoms with van der Waals surface area (Å²) in [6.45, 7) is 3.55. The Morgan fingerprint density at radius 2 is 1.50 bits per heavy atom. The van der Waals surface area contributed by atoms with Gasteiger partial charge in [0.05, 0.1) is 22.8 Å². The Morgan fingerprint density at radius 1 is 1.06 bits per heavy atom. The molecule has 0 spiro atoms. The average Bonchev–Trinajstić information content (AvgIpc) is 2.34. The van der Waals surface area contributed by atoms with Crippen LogP contribution in [0.1, 0.15) is 11.4 Å². The first-order valence-corrected chi connectivity index (χ1v) is 5.47. The molecule has 1 amide bonds. The lowest BCUT2D eigenvalue weighted by Gasteiger charge is -2.21. The molecule has 0 aliphatic carbocycles. The molecule has 0 saturated carbocycles. The van der Waals surface area contributed by atoms with Crippen LogP contribution in [0.25, 0.3) is 0 Å². The molecule has 5 nitrogen and oxygen atoms in total. The van der Waals surface area contributed by atoms with Crippen molar-refractivity contribution in [2.75, 3.05) is 4.90 Å². The fourth-order valence-corrected chi connectivity index (χ4v) is 1.76. The maximum atomic E-state index is 11.5. The highest BCUT2D eigenvalue weighted by molar-refractivity contribution is 5.95. The Bertz CT molecular complexity index is 538. The number of hydrogen-bond donors (Lipinski definition) is 1. The third-order valence-corrected chi connectivity index (χ3v) is 2.63. The van der Waals surface area contributed by atoms with E-state index in [1.807, 2.05) is 0 Å². The third kappa shape index (κ3) is 2.15. The normalized spacial score (nSPS) is 10.1. The predicted molar refractivity (Wildman–Crippen MR) is 68.1 cm³/mol. The number of hydrogen-bond acceptors (Lipinski definition) is 3. The smallest absolute Gasteiger partial charge is 0.416 e. The van der Waals surface area contributed by atoms with Crippen LogP contribution in [0.4, 0.5) is 16.2 Å². The Balaban J connectivity index is 2.58. The van der Waals surface area contributed by atoms with Gasteiger partial charge < -0.3 is 5.11 Å². The Hall–Kier alpha value is -2.43. The Kier molecular flexibility index (Phi) is 3.23. The van der Waals surface area contributed by atoms with E-state index in [9.17, 15) is 9.90 Å². The van der Waals surface area contributed by atoms with Crippen molar-refractivity contribution in [1.82, 2.24) is 9.97 Å². The highest BCUT2D eigenvalue weighted by Crippen LogP contribution is 2.28. The summed E-state index contributed by atoms with van der Waals surface area (Å²) in [7, 11) is 0. The topological polar surface area (TPSA) is 66.3 Å². The van der Waals surface area contributed by atoms with Gasteiger partial charge in [0.2, 0.25) is 0 Å². The number of rotatable bonds is 2. The first-order valence-electron chi connectivity index (χ1n) is 5.47. The van der Waals surface area contributed by atoms with Crippen LogP contribution >= 0.6 is 0 Å². The van der Waals surface area contributed by atoms with Gasteiger partial charge in [-0.15, -0.1) is 0 Å². The average molecular weight is 243 g/mol. The van der Waals surface area contributed by atoms with E-state index in [0.717, 1.165) is 0 Å². The van der Waals surface area contributed by atoms with Gasteiger partial charge >= 0.3 is 6.09 Å². The zero-order valence-electron chi connectivity index (χ0n) is 10.2. The molecule has 1 N–H and O–H groups in total. The fourth-order valence-electron chi connectivity index (χ4n) is 1.76. The quantitative estimate of drug-likeness (QED) is 0.880. The molecule has 0 unspecified atom stereocenters. The lowest BCUT2D eigenvalue weighted by atomic mass is 10.2. The minimum Gasteiger partial charge on any atom is -0.464 e. The zero-order valence-corrected chi connectivity index (χ0v) is 10.2. The number of carboxylic acid groups (broad SMARTS) is 1. The molecule has 2 aromatic heterocycles. The summed E-state index contributed by atoms with van der Waals surface area (Å²) in [6.07, 6.45) is 2.21. The molecule has 0 bridgehead atoms.